The van der Waals surface area contributed by atoms with E-state index in [1.54, 1.807) is 39.5 Å². The molecule has 0 saturated carbocycles. The zero-order valence-corrected chi connectivity index (χ0v) is 13.8. The van der Waals surface area contributed by atoms with E-state index in [9.17, 15) is 4.79 Å². The van der Waals surface area contributed by atoms with Crippen molar-refractivity contribution in [3.8, 4) is 17.2 Å². The quantitative estimate of drug-likeness (QED) is 0.889. The highest BCUT2D eigenvalue weighted by Gasteiger charge is 2.16. The number of ether oxygens (including phenoxy) is 3. The van der Waals surface area contributed by atoms with E-state index in [0.717, 1.165) is 5.56 Å². The van der Waals surface area contributed by atoms with Crippen molar-refractivity contribution in [3.05, 3.63) is 53.6 Å². The molecule has 0 aromatic heterocycles. The lowest BCUT2D eigenvalue weighted by molar-refractivity contribution is 0.0937. The van der Waals surface area contributed by atoms with Crippen LogP contribution in [-0.2, 0) is 0 Å². The summed E-state index contributed by atoms with van der Waals surface area (Å²) in [7, 11) is 4.72. The fourth-order valence-electron chi connectivity index (χ4n) is 2.31. The highest BCUT2D eigenvalue weighted by atomic mass is 16.5. The first-order chi connectivity index (χ1) is 11.1. The Morgan fingerprint density at radius 1 is 0.913 bits per heavy atom. The summed E-state index contributed by atoms with van der Waals surface area (Å²) in [6, 6.07) is 12.5. The van der Waals surface area contributed by atoms with Gasteiger partial charge in [-0.2, -0.15) is 0 Å². The predicted octanol–water partition coefficient (Wildman–Crippen LogP) is 3.20. The molecule has 1 N–H and O–H groups in total. The minimum Gasteiger partial charge on any atom is -0.496 e. The van der Waals surface area contributed by atoms with Crippen LogP contribution in [0.15, 0.2) is 42.5 Å². The minimum atomic E-state index is -0.190. The summed E-state index contributed by atoms with van der Waals surface area (Å²) in [5.74, 6) is 1.64. The lowest BCUT2D eigenvalue weighted by Crippen LogP contribution is -2.27. The number of carbonyl (C=O) groups excluding carboxylic acids is 1. The second-order valence-electron chi connectivity index (χ2n) is 5.01. The van der Waals surface area contributed by atoms with Gasteiger partial charge < -0.3 is 19.5 Å². The minimum absolute atomic E-state index is 0.188. The Morgan fingerprint density at radius 2 is 1.57 bits per heavy atom. The van der Waals surface area contributed by atoms with Crippen molar-refractivity contribution in [1.82, 2.24) is 5.32 Å². The van der Waals surface area contributed by atoms with Crippen LogP contribution >= 0.6 is 0 Å². The molecule has 0 fully saturated rings. The maximum atomic E-state index is 12.4. The van der Waals surface area contributed by atoms with Crippen molar-refractivity contribution < 1.29 is 19.0 Å². The Labute approximate surface area is 136 Å². The summed E-state index contributed by atoms with van der Waals surface area (Å²) >= 11 is 0. The number of benzene rings is 2. The topological polar surface area (TPSA) is 56.8 Å². The van der Waals surface area contributed by atoms with Crippen LogP contribution in [0.25, 0.3) is 0 Å². The molecule has 2 aromatic rings. The van der Waals surface area contributed by atoms with E-state index >= 15 is 0 Å². The van der Waals surface area contributed by atoms with Crippen LogP contribution in [-0.4, -0.2) is 27.2 Å². The lowest BCUT2D eigenvalue weighted by Gasteiger charge is -2.17. The van der Waals surface area contributed by atoms with Crippen LogP contribution < -0.4 is 19.5 Å². The van der Waals surface area contributed by atoms with Crippen molar-refractivity contribution in [3.63, 3.8) is 0 Å². The summed E-state index contributed by atoms with van der Waals surface area (Å²) in [6.45, 7) is 1.91. The molecule has 5 nitrogen and oxygen atoms in total. The first-order valence-electron chi connectivity index (χ1n) is 7.26. The summed E-state index contributed by atoms with van der Waals surface area (Å²) in [5.41, 5.74) is 1.42. The van der Waals surface area contributed by atoms with Crippen molar-refractivity contribution in [1.29, 1.82) is 0 Å². The number of hydrogen-bond donors (Lipinski definition) is 1. The van der Waals surface area contributed by atoms with E-state index in [-0.39, 0.29) is 11.9 Å². The van der Waals surface area contributed by atoms with Gasteiger partial charge in [0.15, 0.2) is 11.5 Å². The highest BCUT2D eigenvalue weighted by Crippen LogP contribution is 2.30. The van der Waals surface area contributed by atoms with Gasteiger partial charge in [-0.1, -0.05) is 18.2 Å². The number of para-hydroxylation sites is 1. The van der Waals surface area contributed by atoms with E-state index in [2.05, 4.69) is 5.32 Å². The van der Waals surface area contributed by atoms with Crippen LogP contribution in [0, 0.1) is 0 Å². The third-order valence-electron chi connectivity index (χ3n) is 3.61. The summed E-state index contributed by atoms with van der Waals surface area (Å²) in [4.78, 5) is 12.4. The second-order valence-corrected chi connectivity index (χ2v) is 5.01. The number of methoxy groups -OCH3 is 3. The highest BCUT2D eigenvalue weighted by molar-refractivity contribution is 5.97. The predicted molar refractivity (Wildman–Crippen MR) is 88.4 cm³/mol. The van der Waals surface area contributed by atoms with Gasteiger partial charge in [-0.3, -0.25) is 4.79 Å². The van der Waals surface area contributed by atoms with Crippen molar-refractivity contribution in [2.24, 2.45) is 0 Å². The molecule has 1 atom stereocenters. The maximum absolute atomic E-state index is 12.4. The molecule has 0 aliphatic rings. The first-order valence-corrected chi connectivity index (χ1v) is 7.26. The van der Waals surface area contributed by atoms with Crippen LogP contribution in [0.1, 0.15) is 28.9 Å². The van der Waals surface area contributed by atoms with E-state index in [4.69, 9.17) is 14.2 Å². The van der Waals surface area contributed by atoms with Gasteiger partial charge in [-0.05, 0) is 36.8 Å². The van der Waals surface area contributed by atoms with Gasteiger partial charge in [0.05, 0.1) is 32.9 Å². The van der Waals surface area contributed by atoms with Gasteiger partial charge >= 0.3 is 0 Å². The molecule has 0 bridgehead atoms. The third kappa shape index (κ3) is 3.74. The first kappa shape index (κ1) is 16.7. The molecule has 122 valence electrons. The average Bonchev–Trinajstić information content (AvgIpc) is 2.60. The van der Waals surface area contributed by atoms with Crippen LogP contribution in [0.2, 0.25) is 0 Å². The van der Waals surface area contributed by atoms with Gasteiger partial charge in [-0.25, -0.2) is 0 Å². The number of rotatable bonds is 6. The molecule has 1 amide bonds. The van der Waals surface area contributed by atoms with Gasteiger partial charge in [0, 0.05) is 0 Å². The van der Waals surface area contributed by atoms with E-state index < -0.39 is 0 Å². The fraction of sp³-hybridized carbons (Fsp3) is 0.278. The van der Waals surface area contributed by atoms with Crippen LogP contribution in [0.4, 0.5) is 0 Å². The lowest BCUT2D eigenvalue weighted by atomic mass is 10.1. The zero-order valence-electron chi connectivity index (χ0n) is 13.8. The zero-order chi connectivity index (χ0) is 16.8. The van der Waals surface area contributed by atoms with Gasteiger partial charge in [0.2, 0.25) is 0 Å². The molecule has 2 aromatic carbocycles. The Kier molecular flexibility index (Phi) is 5.46. The molecule has 2 rings (SSSR count). The molecule has 0 aliphatic heterocycles. The molecule has 0 spiro atoms. The Morgan fingerprint density at radius 3 is 2.22 bits per heavy atom. The normalized spacial score (nSPS) is 11.5. The molecule has 0 unspecified atom stereocenters. The Bertz CT molecular complexity index is 684. The smallest absolute Gasteiger partial charge is 0.255 e. The number of hydrogen-bond acceptors (Lipinski definition) is 4. The molecule has 0 saturated heterocycles. The average molecular weight is 315 g/mol. The SMILES string of the molecule is COc1ccc([C@@H](C)NC(=O)c2ccccc2OC)cc1OC. The van der Waals surface area contributed by atoms with Crippen molar-refractivity contribution in [2.75, 3.05) is 21.3 Å². The number of carbonyl (C=O) groups is 1. The third-order valence-corrected chi connectivity index (χ3v) is 3.61. The van der Waals surface area contributed by atoms with Crippen LogP contribution in [0.5, 0.6) is 17.2 Å². The summed E-state index contributed by atoms with van der Waals surface area (Å²) in [6.07, 6.45) is 0. The van der Waals surface area contributed by atoms with Gasteiger partial charge in [0.1, 0.15) is 5.75 Å². The van der Waals surface area contributed by atoms with E-state index in [0.29, 0.717) is 22.8 Å². The Hall–Kier alpha value is -2.69. The molecule has 5 heteroatoms. The summed E-state index contributed by atoms with van der Waals surface area (Å²) < 4.78 is 15.7. The van der Waals surface area contributed by atoms with Crippen molar-refractivity contribution in [2.45, 2.75) is 13.0 Å². The van der Waals surface area contributed by atoms with Crippen molar-refractivity contribution >= 4 is 5.91 Å². The second kappa shape index (κ2) is 7.54. The Balaban J connectivity index is 2.18. The standard InChI is InChI=1S/C18H21NO4/c1-12(13-9-10-16(22-3)17(11-13)23-4)19-18(20)14-7-5-6-8-15(14)21-2/h5-12H,1-4H3,(H,19,20)/t12-/m1/s1. The summed E-state index contributed by atoms with van der Waals surface area (Å²) in [5, 5.41) is 2.96. The van der Waals surface area contributed by atoms with E-state index in [1.807, 2.05) is 31.2 Å². The molecular weight excluding hydrogens is 294 g/mol. The van der Waals surface area contributed by atoms with Gasteiger partial charge in [-0.15, -0.1) is 0 Å². The molecule has 0 radical (unpaired) electrons. The van der Waals surface area contributed by atoms with E-state index in [1.165, 1.54) is 0 Å². The molecule has 23 heavy (non-hydrogen) atoms. The van der Waals surface area contributed by atoms with Crippen LogP contribution in [0.3, 0.4) is 0 Å². The number of nitrogens with one attached hydrogen (secondary N) is 1. The number of amides is 1. The van der Waals surface area contributed by atoms with Gasteiger partial charge in [0.25, 0.3) is 5.91 Å². The monoisotopic (exact) mass is 315 g/mol. The fourth-order valence-corrected chi connectivity index (χ4v) is 2.31. The molecule has 0 heterocycles. The largest absolute Gasteiger partial charge is 0.496 e. The maximum Gasteiger partial charge on any atom is 0.255 e. The molecular formula is C18H21NO4. The molecule has 0 aliphatic carbocycles.